The predicted molar refractivity (Wildman–Crippen MR) is 89.2 cm³/mol. The summed E-state index contributed by atoms with van der Waals surface area (Å²) in [4.78, 5) is 7.10. The van der Waals surface area contributed by atoms with Crippen molar-refractivity contribution in [2.24, 2.45) is 5.41 Å². The molecule has 1 saturated carbocycles. The van der Waals surface area contributed by atoms with Crippen LogP contribution in [0.25, 0.3) is 0 Å². The van der Waals surface area contributed by atoms with Crippen LogP contribution in [0.3, 0.4) is 0 Å². The second-order valence-corrected chi connectivity index (χ2v) is 6.91. The Kier molecular flexibility index (Phi) is 5.77. The summed E-state index contributed by atoms with van der Waals surface area (Å²) in [6.07, 6.45) is 5.69. The maximum absolute atomic E-state index is 4.50. The van der Waals surface area contributed by atoms with E-state index in [-0.39, 0.29) is 0 Å². The van der Waals surface area contributed by atoms with E-state index in [0.717, 1.165) is 19.6 Å². The highest BCUT2D eigenvalue weighted by Gasteiger charge is 2.43. The molecule has 1 N–H and O–H groups in total. The monoisotopic (exact) mass is 289 g/mol. The number of nitrogens with zero attached hydrogens (tertiary/aromatic N) is 2. The van der Waals surface area contributed by atoms with Crippen molar-refractivity contribution in [1.82, 2.24) is 15.2 Å². The smallest absolute Gasteiger partial charge is 0.0544 e. The van der Waals surface area contributed by atoms with Gasteiger partial charge in [-0.1, -0.05) is 33.8 Å². The van der Waals surface area contributed by atoms with E-state index in [2.05, 4.69) is 55.0 Å². The lowest BCUT2D eigenvalue weighted by atomic mass is 9.86. The van der Waals surface area contributed by atoms with E-state index >= 15 is 0 Å². The van der Waals surface area contributed by atoms with Crippen LogP contribution in [0.15, 0.2) is 24.4 Å². The standard InChI is InChI=1S/C18H31N3/c1-5-12-20-17-16(10-11-18(17,3)4)21(6-2)14-15-9-7-8-13-19-15/h7-9,13,16-17,20H,5-6,10-12,14H2,1-4H3. The molecule has 0 saturated heterocycles. The topological polar surface area (TPSA) is 28.2 Å². The summed E-state index contributed by atoms with van der Waals surface area (Å²) in [5.41, 5.74) is 1.57. The summed E-state index contributed by atoms with van der Waals surface area (Å²) in [5, 5.41) is 3.81. The molecule has 1 heterocycles. The lowest BCUT2D eigenvalue weighted by Crippen LogP contribution is -2.51. The van der Waals surface area contributed by atoms with Crippen molar-refractivity contribution in [3.8, 4) is 0 Å². The third-order valence-corrected chi connectivity index (χ3v) is 4.89. The molecule has 1 aromatic rings. The van der Waals surface area contributed by atoms with Crippen LogP contribution in [-0.4, -0.2) is 35.1 Å². The van der Waals surface area contributed by atoms with Gasteiger partial charge in [-0.3, -0.25) is 9.88 Å². The minimum absolute atomic E-state index is 0.386. The van der Waals surface area contributed by atoms with E-state index in [0.29, 0.717) is 17.5 Å². The first-order valence-corrected chi connectivity index (χ1v) is 8.45. The van der Waals surface area contributed by atoms with Gasteiger partial charge in [0.15, 0.2) is 0 Å². The van der Waals surface area contributed by atoms with Gasteiger partial charge in [0.1, 0.15) is 0 Å². The molecule has 2 atom stereocenters. The molecule has 2 rings (SSSR count). The maximum Gasteiger partial charge on any atom is 0.0544 e. The summed E-state index contributed by atoms with van der Waals surface area (Å²) < 4.78 is 0. The summed E-state index contributed by atoms with van der Waals surface area (Å²) >= 11 is 0. The SMILES string of the molecule is CCCNC1C(N(CC)Cc2ccccn2)CCC1(C)C. The van der Waals surface area contributed by atoms with E-state index < -0.39 is 0 Å². The van der Waals surface area contributed by atoms with Gasteiger partial charge >= 0.3 is 0 Å². The Labute approximate surface area is 130 Å². The number of rotatable bonds is 7. The van der Waals surface area contributed by atoms with Crippen molar-refractivity contribution in [2.75, 3.05) is 13.1 Å². The van der Waals surface area contributed by atoms with Crippen LogP contribution in [0.2, 0.25) is 0 Å². The Hall–Kier alpha value is -0.930. The Morgan fingerprint density at radius 2 is 2.14 bits per heavy atom. The second kappa shape index (κ2) is 7.37. The van der Waals surface area contributed by atoms with Crippen LogP contribution >= 0.6 is 0 Å². The number of aromatic nitrogens is 1. The van der Waals surface area contributed by atoms with Crippen LogP contribution in [0.1, 0.15) is 52.7 Å². The van der Waals surface area contributed by atoms with Crippen LogP contribution in [0.4, 0.5) is 0 Å². The van der Waals surface area contributed by atoms with E-state index in [9.17, 15) is 0 Å². The van der Waals surface area contributed by atoms with Gasteiger partial charge in [0, 0.05) is 24.8 Å². The first-order chi connectivity index (χ1) is 10.1. The second-order valence-electron chi connectivity index (χ2n) is 6.91. The Bertz CT molecular complexity index is 416. The van der Waals surface area contributed by atoms with Gasteiger partial charge in [0.05, 0.1) is 5.69 Å². The summed E-state index contributed by atoms with van der Waals surface area (Å²) in [7, 11) is 0. The zero-order chi connectivity index (χ0) is 15.3. The molecule has 1 aliphatic carbocycles. The number of pyridine rings is 1. The van der Waals surface area contributed by atoms with Crippen molar-refractivity contribution in [1.29, 1.82) is 0 Å². The van der Waals surface area contributed by atoms with Gasteiger partial charge in [0.2, 0.25) is 0 Å². The first kappa shape index (κ1) is 16.4. The first-order valence-electron chi connectivity index (χ1n) is 8.45. The van der Waals surface area contributed by atoms with Gasteiger partial charge in [-0.05, 0) is 49.9 Å². The number of nitrogens with one attached hydrogen (secondary N) is 1. The molecule has 3 heteroatoms. The average Bonchev–Trinajstić information content (AvgIpc) is 2.78. The van der Waals surface area contributed by atoms with E-state index in [1.165, 1.54) is 25.0 Å². The number of hydrogen-bond acceptors (Lipinski definition) is 3. The Morgan fingerprint density at radius 3 is 2.76 bits per heavy atom. The largest absolute Gasteiger partial charge is 0.312 e. The van der Waals surface area contributed by atoms with Crippen LogP contribution in [0.5, 0.6) is 0 Å². The minimum Gasteiger partial charge on any atom is -0.312 e. The third-order valence-electron chi connectivity index (χ3n) is 4.89. The quantitative estimate of drug-likeness (QED) is 0.833. The summed E-state index contributed by atoms with van der Waals surface area (Å²) in [6.45, 7) is 12.5. The zero-order valence-corrected chi connectivity index (χ0v) is 14.1. The lowest BCUT2D eigenvalue weighted by Gasteiger charge is -2.37. The van der Waals surface area contributed by atoms with E-state index in [4.69, 9.17) is 0 Å². The number of likely N-dealkylation sites (N-methyl/N-ethyl adjacent to an activating group) is 1. The molecular weight excluding hydrogens is 258 g/mol. The van der Waals surface area contributed by atoms with Crippen molar-refractivity contribution < 1.29 is 0 Å². The fourth-order valence-electron chi connectivity index (χ4n) is 3.63. The molecule has 1 aliphatic rings. The molecule has 0 radical (unpaired) electrons. The highest BCUT2D eigenvalue weighted by atomic mass is 15.2. The lowest BCUT2D eigenvalue weighted by molar-refractivity contribution is 0.141. The molecule has 21 heavy (non-hydrogen) atoms. The van der Waals surface area contributed by atoms with Gasteiger partial charge in [-0.15, -0.1) is 0 Å². The zero-order valence-electron chi connectivity index (χ0n) is 14.1. The molecule has 118 valence electrons. The molecule has 0 amide bonds. The Balaban J connectivity index is 2.08. The van der Waals surface area contributed by atoms with Gasteiger partial charge in [-0.25, -0.2) is 0 Å². The normalized spacial score (nSPS) is 24.6. The van der Waals surface area contributed by atoms with Gasteiger partial charge in [0.25, 0.3) is 0 Å². The molecule has 0 spiro atoms. The molecule has 0 aromatic carbocycles. The van der Waals surface area contributed by atoms with Gasteiger partial charge in [-0.2, -0.15) is 0 Å². The van der Waals surface area contributed by atoms with Crippen LogP contribution in [0, 0.1) is 5.41 Å². The van der Waals surface area contributed by atoms with Crippen molar-refractivity contribution in [3.05, 3.63) is 30.1 Å². The highest BCUT2D eigenvalue weighted by Crippen LogP contribution is 2.40. The molecule has 1 fully saturated rings. The molecule has 1 aromatic heterocycles. The van der Waals surface area contributed by atoms with E-state index in [1.807, 2.05) is 12.3 Å². The minimum atomic E-state index is 0.386. The summed E-state index contributed by atoms with van der Waals surface area (Å²) in [5.74, 6) is 0. The van der Waals surface area contributed by atoms with Crippen molar-refractivity contribution in [3.63, 3.8) is 0 Å². The molecule has 3 nitrogen and oxygen atoms in total. The summed E-state index contributed by atoms with van der Waals surface area (Å²) in [6, 6.07) is 7.42. The molecule has 0 bridgehead atoms. The van der Waals surface area contributed by atoms with Crippen LogP contribution in [-0.2, 0) is 6.54 Å². The average molecular weight is 289 g/mol. The maximum atomic E-state index is 4.50. The molecular formula is C18H31N3. The van der Waals surface area contributed by atoms with Crippen molar-refractivity contribution >= 4 is 0 Å². The van der Waals surface area contributed by atoms with Crippen LogP contribution < -0.4 is 5.32 Å². The number of hydrogen-bond donors (Lipinski definition) is 1. The third kappa shape index (κ3) is 4.04. The van der Waals surface area contributed by atoms with E-state index in [1.54, 1.807) is 0 Å². The van der Waals surface area contributed by atoms with Crippen molar-refractivity contribution in [2.45, 2.75) is 65.6 Å². The van der Waals surface area contributed by atoms with Gasteiger partial charge < -0.3 is 5.32 Å². The Morgan fingerprint density at radius 1 is 1.33 bits per heavy atom. The molecule has 0 aliphatic heterocycles. The molecule has 2 unspecified atom stereocenters. The fourth-order valence-corrected chi connectivity index (χ4v) is 3.63. The fraction of sp³-hybridized carbons (Fsp3) is 0.722. The predicted octanol–water partition coefficient (Wildman–Crippen LogP) is 3.46. The highest BCUT2D eigenvalue weighted by molar-refractivity contribution is 5.06.